The van der Waals surface area contributed by atoms with Crippen molar-refractivity contribution in [3.63, 3.8) is 0 Å². The molecule has 2 fully saturated rings. The Kier molecular flexibility index (Phi) is 7.26. The van der Waals surface area contributed by atoms with Gasteiger partial charge < -0.3 is 9.84 Å². The van der Waals surface area contributed by atoms with E-state index in [1.54, 1.807) is 0 Å². The topological polar surface area (TPSA) is 29.5 Å². The third-order valence-corrected chi connectivity index (χ3v) is 14.8. The van der Waals surface area contributed by atoms with Gasteiger partial charge in [0, 0.05) is 11.0 Å². The number of hydrogen-bond acceptors (Lipinski definition) is 2. The van der Waals surface area contributed by atoms with E-state index in [1.807, 2.05) is 18.3 Å². The molecule has 0 saturated heterocycles. The fourth-order valence-electron chi connectivity index (χ4n) is 9.71. The van der Waals surface area contributed by atoms with Crippen LogP contribution in [-0.2, 0) is 4.74 Å². The van der Waals surface area contributed by atoms with Gasteiger partial charge in [-0.1, -0.05) is 75.3 Å². The largest absolute Gasteiger partial charge is 0.393 e. The van der Waals surface area contributed by atoms with Crippen LogP contribution >= 0.6 is 22.6 Å². The van der Waals surface area contributed by atoms with Crippen LogP contribution in [0.5, 0.6) is 0 Å². The van der Waals surface area contributed by atoms with Crippen LogP contribution in [0.2, 0.25) is 0 Å². The van der Waals surface area contributed by atoms with Gasteiger partial charge in [-0.25, -0.2) is 0 Å². The van der Waals surface area contributed by atoms with E-state index < -0.39 is 0 Å². The Morgan fingerprint density at radius 3 is 2.29 bits per heavy atom. The third kappa shape index (κ3) is 3.91. The van der Waals surface area contributed by atoms with Crippen molar-refractivity contribution in [3.05, 3.63) is 11.1 Å². The molecule has 4 rings (SSSR count). The van der Waals surface area contributed by atoms with Crippen molar-refractivity contribution in [3.8, 4) is 0 Å². The Morgan fingerprint density at radius 2 is 1.65 bits per heavy atom. The number of aliphatic hydroxyl groups excluding tert-OH is 1. The van der Waals surface area contributed by atoms with Crippen molar-refractivity contribution in [2.24, 2.45) is 39.4 Å². The van der Waals surface area contributed by atoms with E-state index in [2.05, 4.69) is 78.0 Å². The van der Waals surface area contributed by atoms with Gasteiger partial charge in [-0.2, -0.15) is 0 Å². The first-order valence-corrected chi connectivity index (χ1v) is 15.5. The second-order valence-electron chi connectivity index (χ2n) is 14.6. The molecule has 0 aromatic heterocycles. The second-order valence-corrected chi connectivity index (χ2v) is 16.1. The maximum absolute atomic E-state index is 10.9. The first-order valence-electron chi connectivity index (χ1n) is 14.3. The number of alkyl halides is 1. The minimum Gasteiger partial charge on any atom is -0.393 e. The summed E-state index contributed by atoms with van der Waals surface area (Å²) >= 11 is 2.62. The molecule has 0 aromatic carbocycles. The van der Waals surface area contributed by atoms with E-state index in [-0.39, 0.29) is 17.1 Å². The smallest absolute Gasteiger partial charge is 0.0739 e. The Balaban J connectivity index is 1.58. The monoisotopic (exact) mass is 584 g/mol. The Labute approximate surface area is 224 Å². The quantitative estimate of drug-likeness (QED) is 0.192. The van der Waals surface area contributed by atoms with Crippen molar-refractivity contribution in [1.29, 1.82) is 0 Å². The summed E-state index contributed by atoms with van der Waals surface area (Å²) in [5.74, 6) is 2.22. The maximum Gasteiger partial charge on any atom is 0.0739 e. The highest BCUT2D eigenvalue weighted by atomic mass is 127. The van der Waals surface area contributed by atoms with Crippen LogP contribution in [-0.4, -0.2) is 27.8 Å². The predicted molar refractivity (Wildman–Crippen MR) is 152 cm³/mol. The van der Waals surface area contributed by atoms with Gasteiger partial charge >= 0.3 is 0 Å². The number of ether oxygens (including phenoxy) is 1. The Morgan fingerprint density at radius 1 is 0.971 bits per heavy atom. The summed E-state index contributed by atoms with van der Waals surface area (Å²) in [7, 11) is 1.86. The standard InChI is InChI=1S/C31H53IO2/c1-20(10-13-25(32)28(4,5)34-9)21-14-18-31(8)23-11-12-24-27(2,3)26(33)16-17-29(24,6)22(23)15-19-30(21,31)7/h20-21,24-26,33H,10-19H2,1-9H3/t20?,21-,24-,25?,26-,29+,30+,31-/m0/s1. The lowest BCUT2D eigenvalue weighted by Gasteiger charge is -2.62. The SMILES string of the molecule is COC(C)(C)C(I)CCC(C)[C@@H]1CC[C@@]2(C)C3=C(CC[C@]12C)[C@@]1(C)CC[C@H](O)C(C)(C)[C@@H]1CC3. The third-order valence-electron chi connectivity index (χ3n) is 12.6. The molecule has 2 nitrogen and oxygen atoms in total. The van der Waals surface area contributed by atoms with Crippen LogP contribution in [0.1, 0.15) is 120 Å². The maximum atomic E-state index is 10.9. The summed E-state index contributed by atoms with van der Waals surface area (Å²) in [6.45, 7) is 19.6. The molecular weight excluding hydrogens is 531 g/mol. The molecule has 0 spiro atoms. The van der Waals surface area contributed by atoms with Crippen molar-refractivity contribution in [2.45, 2.75) is 135 Å². The number of halogens is 1. The van der Waals surface area contributed by atoms with Crippen molar-refractivity contribution >= 4 is 22.6 Å². The fourth-order valence-corrected chi connectivity index (χ4v) is 10.3. The molecule has 3 heteroatoms. The molecule has 4 aliphatic rings. The molecule has 196 valence electrons. The van der Waals surface area contributed by atoms with Gasteiger partial charge in [0.1, 0.15) is 0 Å². The molecule has 4 aliphatic carbocycles. The number of methoxy groups -OCH3 is 1. The van der Waals surface area contributed by atoms with Gasteiger partial charge in [0.05, 0.1) is 11.7 Å². The number of aliphatic hydroxyl groups is 1. The molecule has 0 bridgehead atoms. The normalized spacial score (nSPS) is 43.7. The van der Waals surface area contributed by atoms with Crippen LogP contribution in [0, 0.1) is 39.4 Å². The van der Waals surface area contributed by atoms with Crippen LogP contribution < -0.4 is 0 Å². The zero-order chi connectivity index (χ0) is 25.3. The summed E-state index contributed by atoms with van der Waals surface area (Å²) in [5.41, 5.74) is 4.78. The molecule has 34 heavy (non-hydrogen) atoms. The van der Waals surface area contributed by atoms with Gasteiger partial charge in [0.15, 0.2) is 0 Å². The van der Waals surface area contributed by atoms with Gasteiger partial charge in [-0.05, 0) is 117 Å². The van der Waals surface area contributed by atoms with E-state index >= 15 is 0 Å². The Bertz CT molecular complexity index is 814. The minimum absolute atomic E-state index is 0.0336. The van der Waals surface area contributed by atoms with Crippen molar-refractivity contribution < 1.29 is 9.84 Å². The molecule has 2 unspecified atom stereocenters. The number of allylic oxidation sites excluding steroid dienone is 2. The molecule has 0 heterocycles. The van der Waals surface area contributed by atoms with Crippen molar-refractivity contribution in [2.75, 3.05) is 7.11 Å². The van der Waals surface area contributed by atoms with Gasteiger partial charge in [-0.15, -0.1) is 0 Å². The van der Waals surface area contributed by atoms with E-state index in [1.165, 1.54) is 57.8 Å². The van der Waals surface area contributed by atoms with Crippen molar-refractivity contribution in [1.82, 2.24) is 0 Å². The number of rotatable bonds is 6. The summed E-state index contributed by atoms with van der Waals surface area (Å²) < 4.78 is 6.34. The minimum atomic E-state index is -0.140. The highest BCUT2D eigenvalue weighted by Gasteiger charge is 2.63. The van der Waals surface area contributed by atoms with Crippen LogP contribution in [0.3, 0.4) is 0 Å². The molecule has 0 radical (unpaired) electrons. The molecular formula is C31H53IO2. The van der Waals surface area contributed by atoms with Gasteiger partial charge in [-0.3, -0.25) is 0 Å². The molecule has 0 aliphatic heterocycles. The molecule has 8 atom stereocenters. The van der Waals surface area contributed by atoms with E-state index in [9.17, 15) is 5.11 Å². The molecule has 0 amide bonds. The van der Waals surface area contributed by atoms with Gasteiger partial charge in [0.25, 0.3) is 0 Å². The molecule has 0 aromatic rings. The first kappa shape index (κ1) is 27.4. The van der Waals surface area contributed by atoms with Crippen LogP contribution in [0.4, 0.5) is 0 Å². The lowest BCUT2D eigenvalue weighted by atomic mass is 9.43. The molecule has 2 saturated carbocycles. The lowest BCUT2D eigenvalue weighted by molar-refractivity contribution is -0.0962. The zero-order valence-corrected chi connectivity index (χ0v) is 25.8. The molecule has 1 N–H and O–H groups in total. The van der Waals surface area contributed by atoms with Crippen LogP contribution in [0.25, 0.3) is 0 Å². The average molecular weight is 585 g/mol. The van der Waals surface area contributed by atoms with E-state index in [4.69, 9.17) is 4.74 Å². The van der Waals surface area contributed by atoms with E-state index in [0.717, 1.165) is 18.3 Å². The van der Waals surface area contributed by atoms with Crippen LogP contribution in [0.15, 0.2) is 11.1 Å². The predicted octanol–water partition coefficient (Wildman–Crippen LogP) is 8.74. The fraction of sp³-hybridized carbons (Fsp3) is 0.935. The highest BCUT2D eigenvalue weighted by Crippen LogP contribution is 2.72. The van der Waals surface area contributed by atoms with Gasteiger partial charge in [0.2, 0.25) is 0 Å². The first-order chi connectivity index (χ1) is 15.6. The number of fused-ring (bicyclic) bond motifs is 4. The number of hydrogen-bond donors (Lipinski definition) is 1. The summed E-state index contributed by atoms with van der Waals surface area (Å²) in [5, 5.41) is 10.9. The van der Waals surface area contributed by atoms with E-state index in [0.29, 0.717) is 26.1 Å². The summed E-state index contributed by atoms with van der Waals surface area (Å²) in [4.78, 5) is 0. The Hall–Kier alpha value is 0.390. The lowest BCUT2D eigenvalue weighted by Crippen LogP contribution is -2.55. The summed E-state index contributed by atoms with van der Waals surface area (Å²) in [6.07, 6.45) is 12.6. The second kappa shape index (κ2) is 9.00. The summed E-state index contributed by atoms with van der Waals surface area (Å²) in [6, 6.07) is 0. The zero-order valence-electron chi connectivity index (χ0n) is 23.7. The average Bonchev–Trinajstić information content (AvgIpc) is 3.06. The highest BCUT2D eigenvalue weighted by molar-refractivity contribution is 14.1.